The summed E-state index contributed by atoms with van der Waals surface area (Å²) >= 11 is 0. The second-order valence-electron chi connectivity index (χ2n) is 4.36. The first-order valence-electron chi connectivity index (χ1n) is 5.98. The van der Waals surface area contributed by atoms with E-state index in [9.17, 15) is 9.59 Å². The van der Waals surface area contributed by atoms with Gasteiger partial charge in [-0.05, 0) is 6.42 Å². The van der Waals surface area contributed by atoms with E-state index in [-0.39, 0.29) is 12.6 Å². The van der Waals surface area contributed by atoms with E-state index >= 15 is 0 Å². The van der Waals surface area contributed by atoms with Gasteiger partial charge < -0.3 is 14.9 Å². The van der Waals surface area contributed by atoms with Crippen LogP contribution in [0.4, 0.5) is 4.79 Å². The van der Waals surface area contributed by atoms with Gasteiger partial charge in [0.1, 0.15) is 0 Å². The highest BCUT2D eigenvalue weighted by Crippen LogP contribution is 2.05. The van der Waals surface area contributed by atoms with Crippen LogP contribution in [-0.2, 0) is 4.79 Å². The number of carboxylic acids is 1. The Balaban J connectivity index is 2.35. The SMILES string of the molecule is CCCN(C)C(=O)N1CCN(CC(=O)O)CC1. The molecule has 1 N–H and O–H groups in total. The van der Waals surface area contributed by atoms with Gasteiger partial charge in [-0.3, -0.25) is 9.69 Å². The lowest BCUT2D eigenvalue weighted by atomic mass is 10.3. The largest absolute Gasteiger partial charge is 0.480 e. The molecule has 0 aromatic heterocycles. The van der Waals surface area contributed by atoms with Gasteiger partial charge in [0, 0.05) is 39.8 Å². The van der Waals surface area contributed by atoms with Crippen LogP contribution in [0.3, 0.4) is 0 Å². The average molecular weight is 243 g/mol. The Hall–Kier alpha value is -1.30. The van der Waals surface area contributed by atoms with Crippen LogP contribution in [0, 0.1) is 0 Å². The Morgan fingerprint density at radius 1 is 1.24 bits per heavy atom. The summed E-state index contributed by atoms with van der Waals surface area (Å²) in [5.41, 5.74) is 0. The van der Waals surface area contributed by atoms with E-state index in [2.05, 4.69) is 0 Å². The molecular formula is C11H21N3O3. The highest BCUT2D eigenvalue weighted by Gasteiger charge is 2.23. The molecule has 0 spiro atoms. The topological polar surface area (TPSA) is 64.1 Å². The van der Waals surface area contributed by atoms with E-state index in [0.29, 0.717) is 26.2 Å². The maximum Gasteiger partial charge on any atom is 0.319 e. The monoisotopic (exact) mass is 243 g/mol. The van der Waals surface area contributed by atoms with Crippen LogP contribution in [0.15, 0.2) is 0 Å². The van der Waals surface area contributed by atoms with E-state index < -0.39 is 5.97 Å². The zero-order chi connectivity index (χ0) is 12.8. The number of piperazine rings is 1. The summed E-state index contributed by atoms with van der Waals surface area (Å²) in [6.45, 7) is 5.35. The zero-order valence-electron chi connectivity index (χ0n) is 10.6. The summed E-state index contributed by atoms with van der Waals surface area (Å²) in [6, 6.07) is 0.0434. The lowest BCUT2D eigenvalue weighted by Crippen LogP contribution is -2.53. The van der Waals surface area contributed by atoms with Crippen molar-refractivity contribution in [1.29, 1.82) is 0 Å². The van der Waals surface area contributed by atoms with Crippen molar-refractivity contribution in [2.24, 2.45) is 0 Å². The third-order valence-corrected chi connectivity index (χ3v) is 2.89. The molecule has 0 radical (unpaired) electrons. The molecule has 1 rings (SSSR count). The minimum atomic E-state index is -0.812. The second-order valence-corrected chi connectivity index (χ2v) is 4.36. The van der Waals surface area contributed by atoms with Crippen LogP contribution < -0.4 is 0 Å². The molecule has 6 heteroatoms. The van der Waals surface area contributed by atoms with Crippen LogP contribution >= 0.6 is 0 Å². The first-order valence-corrected chi connectivity index (χ1v) is 5.98. The fraction of sp³-hybridized carbons (Fsp3) is 0.818. The van der Waals surface area contributed by atoms with Crippen LogP contribution in [0.25, 0.3) is 0 Å². The highest BCUT2D eigenvalue weighted by molar-refractivity contribution is 5.74. The minimum absolute atomic E-state index is 0.0434. The standard InChI is InChI=1S/C11H21N3O3/c1-3-4-12(2)11(17)14-7-5-13(6-8-14)9-10(15)16/h3-9H2,1-2H3,(H,15,16). The smallest absolute Gasteiger partial charge is 0.319 e. The molecule has 0 unspecified atom stereocenters. The predicted molar refractivity (Wildman–Crippen MR) is 64.0 cm³/mol. The number of carboxylic acid groups (broad SMARTS) is 1. The highest BCUT2D eigenvalue weighted by atomic mass is 16.4. The van der Waals surface area contributed by atoms with Crippen molar-refractivity contribution in [3.8, 4) is 0 Å². The Bertz CT molecular complexity index is 275. The van der Waals surface area contributed by atoms with Crippen molar-refractivity contribution in [3.05, 3.63) is 0 Å². The number of hydrogen-bond acceptors (Lipinski definition) is 3. The maximum atomic E-state index is 11.9. The van der Waals surface area contributed by atoms with Crippen LogP contribution in [0.2, 0.25) is 0 Å². The number of nitrogens with zero attached hydrogens (tertiary/aromatic N) is 3. The summed E-state index contributed by atoms with van der Waals surface area (Å²) in [5.74, 6) is -0.812. The lowest BCUT2D eigenvalue weighted by molar-refractivity contribution is -0.138. The van der Waals surface area contributed by atoms with Crippen LogP contribution in [0.1, 0.15) is 13.3 Å². The third-order valence-electron chi connectivity index (χ3n) is 2.89. The molecule has 0 saturated carbocycles. The summed E-state index contributed by atoms with van der Waals surface area (Å²) in [5, 5.41) is 8.67. The molecule has 1 fully saturated rings. The fourth-order valence-corrected chi connectivity index (χ4v) is 1.96. The zero-order valence-corrected chi connectivity index (χ0v) is 10.6. The fourth-order valence-electron chi connectivity index (χ4n) is 1.96. The van der Waals surface area contributed by atoms with Gasteiger partial charge in [0.2, 0.25) is 0 Å². The number of amides is 2. The van der Waals surface area contributed by atoms with Crippen molar-refractivity contribution in [1.82, 2.24) is 14.7 Å². The number of urea groups is 1. The van der Waals surface area contributed by atoms with Gasteiger partial charge in [0.05, 0.1) is 6.54 Å². The molecule has 0 aromatic carbocycles. The average Bonchev–Trinajstić information content (AvgIpc) is 2.28. The Morgan fingerprint density at radius 3 is 2.29 bits per heavy atom. The van der Waals surface area contributed by atoms with E-state index in [4.69, 9.17) is 5.11 Å². The quantitative estimate of drug-likeness (QED) is 0.763. The molecule has 0 aliphatic carbocycles. The maximum absolute atomic E-state index is 11.9. The molecule has 0 bridgehead atoms. The van der Waals surface area contributed by atoms with Gasteiger partial charge in [-0.1, -0.05) is 6.92 Å². The first kappa shape index (κ1) is 13.8. The summed E-state index contributed by atoms with van der Waals surface area (Å²) in [4.78, 5) is 27.8. The number of rotatable bonds is 4. The molecule has 0 aromatic rings. The van der Waals surface area contributed by atoms with E-state index in [1.165, 1.54) is 0 Å². The summed E-state index contributed by atoms with van der Waals surface area (Å²) in [7, 11) is 1.80. The van der Waals surface area contributed by atoms with E-state index in [1.54, 1.807) is 16.8 Å². The molecule has 1 aliphatic heterocycles. The van der Waals surface area contributed by atoms with Gasteiger partial charge in [-0.2, -0.15) is 0 Å². The minimum Gasteiger partial charge on any atom is -0.480 e. The van der Waals surface area contributed by atoms with Gasteiger partial charge >= 0.3 is 12.0 Å². The second kappa shape index (κ2) is 6.44. The van der Waals surface area contributed by atoms with Gasteiger partial charge in [0.25, 0.3) is 0 Å². The van der Waals surface area contributed by atoms with Crippen molar-refractivity contribution in [2.45, 2.75) is 13.3 Å². The molecule has 2 amide bonds. The molecule has 1 saturated heterocycles. The van der Waals surface area contributed by atoms with Crippen LogP contribution in [0.5, 0.6) is 0 Å². The normalized spacial score (nSPS) is 16.9. The number of carbonyl (C=O) groups excluding carboxylic acids is 1. The van der Waals surface area contributed by atoms with Crippen LogP contribution in [-0.4, -0.2) is 78.1 Å². The first-order chi connectivity index (χ1) is 8.04. The Labute approximate surface area is 102 Å². The molecule has 6 nitrogen and oxygen atoms in total. The van der Waals surface area contributed by atoms with Crippen molar-refractivity contribution in [3.63, 3.8) is 0 Å². The molecule has 17 heavy (non-hydrogen) atoms. The van der Waals surface area contributed by atoms with Crippen molar-refractivity contribution in [2.75, 3.05) is 46.3 Å². The number of hydrogen-bond donors (Lipinski definition) is 1. The molecule has 1 aliphatic rings. The number of carbonyl (C=O) groups is 2. The Morgan fingerprint density at radius 2 is 1.82 bits per heavy atom. The molecular weight excluding hydrogens is 222 g/mol. The molecule has 98 valence electrons. The van der Waals surface area contributed by atoms with Gasteiger partial charge in [-0.15, -0.1) is 0 Å². The van der Waals surface area contributed by atoms with Crippen molar-refractivity contribution >= 4 is 12.0 Å². The third kappa shape index (κ3) is 4.22. The summed E-state index contributed by atoms with van der Waals surface area (Å²) < 4.78 is 0. The molecule has 1 heterocycles. The van der Waals surface area contributed by atoms with Crippen molar-refractivity contribution < 1.29 is 14.7 Å². The van der Waals surface area contributed by atoms with Gasteiger partial charge in [0.15, 0.2) is 0 Å². The number of aliphatic carboxylic acids is 1. The van der Waals surface area contributed by atoms with E-state index in [0.717, 1.165) is 13.0 Å². The molecule has 0 atom stereocenters. The predicted octanol–water partition coefficient (Wildman–Crippen LogP) is 0.150. The van der Waals surface area contributed by atoms with Gasteiger partial charge in [-0.25, -0.2) is 4.79 Å². The van der Waals surface area contributed by atoms with E-state index in [1.807, 2.05) is 11.8 Å². The summed E-state index contributed by atoms with van der Waals surface area (Å²) in [6.07, 6.45) is 0.946. The Kier molecular flexibility index (Phi) is 5.21. The lowest BCUT2D eigenvalue weighted by Gasteiger charge is -2.35.